The molecule has 6 nitrogen and oxygen atoms in total. The Morgan fingerprint density at radius 1 is 0.931 bits per heavy atom. The third kappa shape index (κ3) is 7.31. The van der Waals surface area contributed by atoms with Crippen LogP contribution in [0.15, 0.2) is 24.3 Å². The third-order valence-electron chi connectivity index (χ3n) is 5.95. The van der Waals surface area contributed by atoms with Crippen LogP contribution in [0.25, 0.3) is 0 Å². The summed E-state index contributed by atoms with van der Waals surface area (Å²) >= 11 is 0. The number of urea groups is 1. The second kappa shape index (κ2) is 11.1. The molecule has 0 bridgehead atoms. The van der Waals surface area contributed by atoms with Crippen molar-refractivity contribution in [3.8, 4) is 0 Å². The molecule has 0 aromatic heterocycles. The van der Waals surface area contributed by atoms with Crippen LogP contribution in [0.5, 0.6) is 0 Å². The van der Waals surface area contributed by atoms with Crippen molar-refractivity contribution in [1.82, 2.24) is 20.4 Å². The Kier molecular flexibility index (Phi) is 8.28. The van der Waals surface area contributed by atoms with E-state index in [0.29, 0.717) is 6.54 Å². The molecule has 1 aliphatic heterocycles. The summed E-state index contributed by atoms with van der Waals surface area (Å²) in [4.78, 5) is 28.8. The van der Waals surface area contributed by atoms with Gasteiger partial charge < -0.3 is 20.4 Å². The van der Waals surface area contributed by atoms with Gasteiger partial charge in [0.25, 0.3) is 0 Å². The zero-order valence-corrected chi connectivity index (χ0v) is 17.2. The number of benzene rings is 1. The summed E-state index contributed by atoms with van der Waals surface area (Å²) < 4.78 is 12.9. The van der Waals surface area contributed by atoms with Crippen LogP contribution >= 0.6 is 0 Å². The number of nitrogens with zero attached hydrogens (tertiary/aromatic N) is 2. The van der Waals surface area contributed by atoms with Gasteiger partial charge in [0.15, 0.2) is 0 Å². The van der Waals surface area contributed by atoms with Crippen LogP contribution in [0.1, 0.15) is 44.1 Å². The van der Waals surface area contributed by atoms with Crippen molar-refractivity contribution in [2.75, 3.05) is 39.3 Å². The highest BCUT2D eigenvalue weighted by molar-refractivity contribution is 5.84. The fraction of sp³-hybridized carbons (Fsp3) is 0.636. The molecular weight excluding hydrogens is 371 g/mol. The fourth-order valence-corrected chi connectivity index (χ4v) is 4.25. The van der Waals surface area contributed by atoms with Gasteiger partial charge in [-0.1, -0.05) is 31.4 Å². The lowest BCUT2D eigenvalue weighted by Gasteiger charge is -2.28. The van der Waals surface area contributed by atoms with Crippen molar-refractivity contribution in [2.24, 2.45) is 5.92 Å². The molecule has 2 fully saturated rings. The van der Waals surface area contributed by atoms with E-state index >= 15 is 0 Å². The molecule has 0 spiro atoms. The van der Waals surface area contributed by atoms with Crippen molar-refractivity contribution in [3.05, 3.63) is 35.6 Å². The predicted molar refractivity (Wildman–Crippen MR) is 111 cm³/mol. The minimum Gasteiger partial charge on any atom is -0.340 e. The molecule has 2 aliphatic rings. The number of halogens is 1. The molecule has 1 aromatic rings. The molecular formula is C22H33FN4O2. The van der Waals surface area contributed by atoms with E-state index in [4.69, 9.17) is 0 Å². The third-order valence-corrected chi connectivity index (χ3v) is 5.95. The summed E-state index contributed by atoms with van der Waals surface area (Å²) in [5.41, 5.74) is 0.804. The number of hydrogen-bond acceptors (Lipinski definition) is 3. The maximum absolute atomic E-state index is 12.9. The fourth-order valence-electron chi connectivity index (χ4n) is 4.25. The van der Waals surface area contributed by atoms with E-state index in [1.807, 2.05) is 4.90 Å². The van der Waals surface area contributed by atoms with Crippen molar-refractivity contribution < 1.29 is 14.0 Å². The van der Waals surface area contributed by atoms with Gasteiger partial charge in [-0.2, -0.15) is 0 Å². The van der Waals surface area contributed by atoms with Crippen LogP contribution in [0.3, 0.4) is 0 Å². The van der Waals surface area contributed by atoms with Crippen LogP contribution in [-0.4, -0.2) is 61.0 Å². The number of hydrogen-bond donors (Lipinski definition) is 2. The second-order valence-corrected chi connectivity index (χ2v) is 8.20. The van der Waals surface area contributed by atoms with Crippen molar-refractivity contribution in [3.63, 3.8) is 0 Å². The quantitative estimate of drug-likeness (QED) is 0.766. The van der Waals surface area contributed by atoms with Crippen LogP contribution < -0.4 is 10.6 Å². The van der Waals surface area contributed by atoms with Crippen LogP contribution in [-0.2, 0) is 11.3 Å². The predicted octanol–water partition coefficient (Wildman–Crippen LogP) is 2.74. The molecule has 1 aliphatic carbocycles. The van der Waals surface area contributed by atoms with Gasteiger partial charge >= 0.3 is 6.03 Å². The molecule has 29 heavy (non-hydrogen) atoms. The van der Waals surface area contributed by atoms with Gasteiger partial charge in [0.05, 0.1) is 6.54 Å². The molecule has 3 rings (SSSR count). The Hall–Kier alpha value is -2.15. The maximum atomic E-state index is 12.9. The SMILES string of the molecule is O=C(NCC(=O)N1CCCN(CC2CCCCC2)CC1)NCc1ccc(F)cc1. The molecule has 0 unspecified atom stereocenters. The standard InChI is InChI=1S/C22H33FN4O2/c23-20-9-7-18(8-10-20)15-24-22(29)25-16-21(28)27-12-4-11-26(13-14-27)17-19-5-2-1-3-6-19/h7-10,19H,1-6,11-17H2,(H2,24,25,29). The lowest BCUT2D eigenvalue weighted by Crippen LogP contribution is -2.44. The molecule has 0 atom stereocenters. The largest absolute Gasteiger partial charge is 0.340 e. The van der Waals surface area contributed by atoms with E-state index < -0.39 is 6.03 Å². The number of nitrogens with one attached hydrogen (secondary N) is 2. The number of amides is 3. The highest BCUT2D eigenvalue weighted by Crippen LogP contribution is 2.24. The molecule has 3 amide bonds. The lowest BCUT2D eigenvalue weighted by molar-refractivity contribution is -0.129. The van der Waals surface area contributed by atoms with Crippen molar-refractivity contribution in [2.45, 2.75) is 45.1 Å². The number of rotatable bonds is 6. The summed E-state index contributed by atoms with van der Waals surface area (Å²) in [6.45, 7) is 4.89. The first kappa shape index (κ1) is 21.6. The van der Waals surface area contributed by atoms with E-state index in [1.165, 1.54) is 44.2 Å². The summed E-state index contributed by atoms with van der Waals surface area (Å²) in [6, 6.07) is 5.56. The van der Waals surface area contributed by atoms with E-state index in [-0.39, 0.29) is 18.3 Å². The Bertz CT molecular complexity index is 661. The molecule has 2 N–H and O–H groups in total. The monoisotopic (exact) mass is 404 g/mol. The molecule has 0 radical (unpaired) electrons. The highest BCUT2D eigenvalue weighted by atomic mass is 19.1. The zero-order chi connectivity index (χ0) is 20.5. The molecule has 1 aromatic carbocycles. The highest BCUT2D eigenvalue weighted by Gasteiger charge is 2.22. The smallest absolute Gasteiger partial charge is 0.315 e. The molecule has 1 saturated heterocycles. The van der Waals surface area contributed by atoms with Crippen LogP contribution in [0, 0.1) is 11.7 Å². The van der Waals surface area contributed by atoms with Gasteiger partial charge in [0.2, 0.25) is 5.91 Å². The Balaban J connectivity index is 1.34. The Morgan fingerprint density at radius 3 is 2.45 bits per heavy atom. The van der Waals surface area contributed by atoms with E-state index in [0.717, 1.165) is 50.6 Å². The second-order valence-electron chi connectivity index (χ2n) is 8.20. The molecule has 160 valence electrons. The average Bonchev–Trinajstić information content (AvgIpc) is 2.98. The number of carbonyl (C=O) groups is 2. The summed E-state index contributed by atoms with van der Waals surface area (Å²) in [5, 5.41) is 5.32. The minimum absolute atomic E-state index is 0.00211. The molecule has 1 saturated carbocycles. The van der Waals surface area contributed by atoms with Gasteiger partial charge in [0.1, 0.15) is 5.82 Å². The van der Waals surface area contributed by atoms with E-state index in [2.05, 4.69) is 15.5 Å². The van der Waals surface area contributed by atoms with Gasteiger partial charge in [-0.15, -0.1) is 0 Å². The molecule has 7 heteroatoms. The normalized spacial score (nSPS) is 18.9. The van der Waals surface area contributed by atoms with Crippen LogP contribution in [0.4, 0.5) is 9.18 Å². The first-order valence-corrected chi connectivity index (χ1v) is 10.9. The first-order valence-electron chi connectivity index (χ1n) is 10.9. The first-order chi connectivity index (χ1) is 14.1. The Labute approximate surface area is 172 Å². The van der Waals surface area contributed by atoms with Gasteiger partial charge in [-0.3, -0.25) is 4.79 Å². The summed E-state index contributed by atoms with van der Waals surface area (Å²) in [7, 11) is 0. The topological polar surface area (TPSA) is 64.7 Å². The zero-order valence-electron chi connectivity index (χ0n) is 17.2. The van der Waals surface area contributed by atoms with E-state index in [1.54, 1.807) is 12.1 Å². The number of carbonyl (C=O) groups excluding carboxylic acids is 2. The molecule has 1 heterocycles. The van der Waals surface area contributed by atoms with Crippen LogP contribution in [0.2, 0.25) is 0 Å². The van der Waals surface area contributed by atoms with Crippen molar-refractivity contribution in [1.29, 1.82) is 0 Å². The van der Waals surface area contributed by atoms with E-state index in [9.17, 15) is 14.0 Å². The van der Waals surface area contributed by atoms with Gasteiger partial charge in [-0.25, -0.2) is 9.18 Å². The maximum Gasteiger partial charge on any atom is 0.315 e. The Morgan fingerprint density at radius 2 is 1.69 bits per heavy atom. The summed E-state index contributed by atoms with van der Waals surface area (Å²) in [5.74, 6) is 0.470. The van der Waals surface area contributed by atoms with Crippen molar-refractivity contribution >= 4 is 11.9 Å². The van der Waals surface area contributed by atoms with Gasteiger partial charge in [0, 0.05) is 32.7 Å². The average molecular weight is 405 g/mol. The summed E-state index contributed by atoms with van der Waals surface area (Å²) in [6.07, 6.45) is 7.76. The van der Waals surface area contributed by atoms with Gasteiger partial charge in [-0.05, 0) is 49.4 Å². The lowest BCUT2D eigenvalue weighted by atomic mass is 9.89. The minimum atomic E-state index is -0.392.